The Morgan fingerprint density at radius 2 is 1.23 bits per heavy atom. The van der Waals surface area contributed by atoms with Crippen LogP contribution in [0.3, 0.4) is 0 Å². The van der Waals surface area contributed by atoms with E-state index in [-0.39, 0.29) is 10.8 Å². The topological polar surface area (TPSA) is 25.8 Å². The lowest BCUT2D eigenvalue weighted by Gasteiger charge is -2.41. The van der Waals surface area contributed by atoms with E-state index in [1.54, 1.807) is 11.1 Å². The Morgan fingerprint density at radius 1 is 0.561 bits per heavy atom. The smallest absolute Gasteiger partial charge is 0.160 e. The van der Waals surface area contributed by atoms with Gasteiger partial charge in [-0.05, 0) is 105 Å². The zero-order chi connectivity index (χ0) is 38.1. The second-order valence-corrected chi connectivity index (χ2v) is 17.5. The van der Waals surface area contributed by atoms with Crippen molar-refractivity contribution in [1.82, 2.24) is 9.97 Å². The molecule has 2 heteroatoms. The fourth-order valence-electron chi connectivity index (χ4n) is 11.1. The first kappa shape index (κ1) is 34.4. The number of hydrogen-bond acceptors (Lipinski definition) is 2. The lowest BCUT2D eigenvalue weighted by atomic mass is 9.62. The molecule has 5 aromatic carbocycles. The lowest BCUT2D eigenvalue weighted by molar-refractivity contribution is 0.233. The maximum absolute atomic E-state index is 5.09. The third-order valence-corrected chi connectivity index (χ3v) is 14.0. The number of hydrogen-bond donors (Lipinski definition) is 0. The van der Waals surface area contributed by atoms with Crippen LogP contribution in [0.2, 0.25) is 0 Å². The van der Waals surface area contributed by atoms with Gasteiger partial charge in [-0.1, -0.05) is 173 Å². The van der Waals surface area contributed by atoms with Gasteiger partial charge < -0.3 is 0 Å². The zero-order valence-corrected chi connectivity index (χ0v) is 33.0. The van der Waals surface area contributed by atoms with Gasteiger partial charge in [-0.2, -0.15) is 0 Å². The van der Waals surface area contributed by atoms with E-state index in [0.717, 1.165) is 46.8 Å². The molecule has 0 radical (unpaired) electrons. The minimum absolute atomic E-state index is 0.0576. The molecule has 2 unspecified atom stereocenters. The van der Waals surface area contributed by atoms with Gasteiger partial charge in [0.1, 0.15) is 0 Å². The van der Waals surface area contributed by atoms with Crippen LogP contribution in [-0.4, -0.2) is 9.97 Å². The van der Waals surface area contributed by atoms with Gasteiger partial charge in [0.2, 0.25) is 0 Å². The molecule has 2 nitrogen and oxygen atoms in total. The molecule has 1 aromatic heterocycles. The van der Waals surface area contributed by atoms with Crippen molar-refractivity contribution >= 4 is 11.1 Å². The molecule has 0 saturated heterocycles. The second kappa shape index (κ2) is 13.4. The Bertz CT molecular complexity index is 2680. The molecule has 5 aliphatic rings. The van der Waals surface area contributed by atoms with Crippen LogP contribution in [0.4, 0.5) is 0 Å². The lowest BCUT2D eigenvalue weighted by Crippen LogP contribution is -2.35. The Hall–Kier alpha value is -5.86. The van der Waals surface area contributed by atoms with Gasteiger partial charge in [0.25, 0.3) is 0 Å². The van der Waals surface area contributed by atoms with Crippen molar-refractivity contribution in [2.45, 2.75) is 75.5 Å². The predicted molar refractivity (Wildman–Crippen MR) is 237 cm³/mol. The van der Waals surface area contributed by atoms with E-state index >= 15 is 0 Å². The molecular formula is C55H48N2. The van der Waals surface area contributed by atoms with E-state index in [1.165, 1.54) is 76.6 Å². The van der Waals surface area contributed by atoms with Crippen LogP contribution in [0.1, 0.15) is 92.8 Å². The van der Waals surface area contributed by atoms with Gasteiger partial charge in [0.15, 0.2) is 5.82 Å². The quantitative estimate of drug-likeness (QED) is 0.176. The molecule has 57 heavy (non-hydrogen) atoms. The number of fused-ring (bicyclic) bond motifs is 8. The first-order valence-electron chi connectivity index (χ1n) is 21.2. The maximum Gasteiger partial charge on any atom is 0.160 e. The summed E-state index contributed by atoms with van der Waals surface area (Å²) < 4.78 is 0. The molecular weight excluding hydrogens is 689 g/mol. The molecule has 5 aliphatic carbocycles. The molecule has 278 valence electrons. The van der Waals surface area contributed by atoms with Crippen LogP contribution in [0, 0.1) is 5.92 Å². The van der Waals surface area contributed by atoms with Gasteiger partial charge in [-0.25, -0.2) is 9.97 Å². The number of benzene rings is 5. The van der Waals surface area contributed by atoms with Crippen LogP contribution >= 0.6 is 0 Å². The van der Waals surface area contributed by atoms with Gasteiger partial charge >= 0.3 is 0 Å². The summed E-state index contributed by atoms with van der Waals surface area (Å²) in [4.78, 5) is 10.1. The third-order valence-electron chi connectivity index (χ3n) is 14.0. The minimum Gasteiger partial charge on any atom is -0.228 e. The highest BCUT2D eigenvalue weighted by atomic mass is 14.9. The molecule has 1 heterocycles. The summed E-state index contributed by atoms with van der Waals surface area (Å²) in [5.74, 6) is 1.81. The van der Waals surface area contributed by atoms with Gasteiger partial charge in [-0.15, -0.1) is 0 Å². The van der Waals surface area contributed by atoms with Crippen molar-refractivity contribution in [3.8, 4) is 44.8 Å². The summed E-state index contributed by atoms with van der Waals surface area (Å²) in [5, 5.41) is 0. The Kier molecular flexibility index (Phi) is 8.07. The molecule has 1 saturated carbocycles. The summed E-state index contributed by atoms with van der Waals surface area (Å²) in [6, 6.07) is 47.2. The van der Waals surface area contributed by atoms with Crippen molar-refractivity contribution in [2.24, 2.45) is 5.92 Å². The summed E-state index contributed by atoms with van der Waals surface area (Å²) in [6.45, 7) is 4.90. The second-order valence-electron chi connectivity index (χ2n) is 17.5. The fourth-order valence-corrected chi connectivity index (χ4v) is 11.1. The first-order chi connectivity index (χ1) is 28.0. The molecule has 0 N–H and O–H groups in total. The standard InChI is InChI=1S/C55H48N2/c1-54(2)48-32-42(27-28-44(48)45-34-50-46(33-49(45)54)43-21-10-11-22-47(43)55(50)29-12-5-13-30-55)41-20-14-19-40(31-41)36-23-25-38(26-24-36)52-35-51(37-15-6-3-7-16-37)56-53(57-52)39-17-8-4-9-18-39/h3,6-8,10-11,14-28,31-35,46,50H,4-5,9,12-13,29-30H2,1-2H3. The normalized spacial score (nSPS) is 20.8. The Balaban J connectivity index is 0.914. The van der Waals surface area contributed by atoms with E-state index in [9.17, 15) is 0 Å². The highest BCUT2D eigenvalue weighted by Crippen LogP contribution is 2.64. The van der Waals surface area contributed by atoms with Crippen LogP contribution < -0.4 is 0 Å². The number of nitrogens with zero attached hydrogens (tertiary/aromatic N) is 2. The van der Waals surface area contributed by atoms with Crippen LogP contribution in [-0.2, 0) is 10.8 Å². The fraction of sp³-hybridized carbons (Fsp3) is 0.236. The average molecular weight is 737 g/mol. The molecule has 11 rings (SSSR count). The Morgan fingerprint density at radius 3 is 2.00 bits per heavy atom. The summed E-state index contributed by atoms with van der Waals surface area (Å²) >= 11 is 0. The predicted octanol–water partition coefficient (Wildman–Crippen LogP) is 14.1. The van der Waals surface area contributed by atoms with Crippen LogP contribution in [0.5, 0.6) is 0 Å². The van der Waals surface area contributed by atoms with E-state index in [2.05, 4.69) is 166 Å². The summed E-state index contributed by atoms with van der Waals surface area (Å²) in [6.07, 6.45) is 20.9. The minimum atomic E-state index is -0.0576. The number of rotatable bonds is 5. The highest BCUT2D eigenvalue weighted by Gasteiger charge is 2.53. The van der Waals surface area contributed by atoms with Gasteiger partial charge in [0.05, 0.1) is 11.4 Å². The van der Waals surface area contributed by atoms with Crippen molar-refractivity contribution in [3.63, 3.8) is 0 Å². The molecule has 1 spiro atoms. The highest BCUT2D eigenvalue weighted by molar-refractivity contribution is 5.93. The van der Waals surface area contributed by atoms with Crippen LogP contribution in [0.25, 0.3) is 55.9 Å². The van der Waals surface area contributed by atoms with E-state index in [1.807, 2.05) is 6.07 Å². The van der Waals surface area contributed by atoms with Crippen molar-refractivity contribution < 1.29 is 0 Å². The molecule has 0 bridgehead atoms. The van der Waals surface area contributed by atoms with E-state index < -0.39 is 0 Å². The molecule has 0 amide bonds. The summed E-state index contributed by atoms with van der Waals surface area (Å²) in [7, 11) is 0. The molecule has 6 aromatic rings. The largest absolute Gasteiger partial charge is 0.228 e. The molecule has 0 aliphatic heterocycles. The average Bonchev–Trinajstić information content (AvgIpc) is 3.66. The maximum atomic E-state index is 5.09. The number of aromatic nitrogens is 2. The Labute approximate surface area is 337 Å². The zero-order valence-electron chi connectivity index (χ0n) is 33.0. The summed E-state index contributed by atoms with van der Waals surface area (Å²) in [5.41, 5.74) is 19.5. The van der Waals surface area contributed by atoms with E-state index in [4.69, 9.17) is 9.97 Å². The van der Waals surface area contributed by atoms with Gasteiger partial charge in [0, 0.05) is 33.4 Å². The SMILES string of the molecule is CC1(C)C2=CC3c4ccccc4C4(CCCCC4)C3C=C2c2ccc(-c3cccc(-c4ccc(-c5cc(-c6ccccc6)nc(C6=CCCC=C6)n5)cc4)c3)cc21. The third kappa shape index (κ3) is 5.59. The first-order valence-corrected chi connectivity index (χ1v) is 21.2. The van der Waals surface area contributed by atoms with Gasteiger partial charge in [-0.3, -0.25) is 0 Å². The monoisotopic (exact) mass is 736 g/mol. The molecule has 2 atom stereocenters. The van der Waals surface area contributed by atoms with E-state index in [0.29, 0.717) is 11.8 Å². The number of allylic oxidation sites excluding steroid dienone is 8. The van der Waals surface area contributed by atoms with Crippen molar-refractivity contribution in [1.29, 1.82) is 0 Å². The van der Waals surface area contributed by atoms with Crippen molar-refractivity contribution in [2.75, 3.05) is 0 Å². The van der Waals surface area contributed by atoms with Crippen molar-refractivity contribution in [3.05, 3.63) is 191 Å². The molecule has 1 fully saturated rings. The van der Waals surface area contributed by atoms with Crippen LogP contribution in [0.15, 0.2) is 163 Å².